The number of ether oxygens (including phenoxy) is 1. The standard InChI is InChI=1S/C13H15N3O/c14-11-7-15-16(9-11)8-10-5-6-17-13-4-2-1-3-12(10)13/h1-4,7,9-10H,5-6,8,14H2. The molecule has 88 valence electrons. The second-order valence-corrected chi connectivity index (χ2v) is 4.37. The SMILES string of the molecule is Nc1cnn(CC2CCOc3ccccc32)c1. The number of para-hydroxylation sites is 1. The molecule has 0 bridgehead atoms. The van der Waals surface area contributed by atoms with Crippen molar-refractivity contribution >= 4 is 5.69 Å². The minimum Gasteiger partial charge on any atom is -0.493 e. The summed E-state index contributed by atoms with van der Waals surface area (Å²) in [4.78, 5) is 0. The van der Waals surface area contributed by atoms with E-state index in [-0.39, 0.29) is 0 Å². The molecule has 0 amide bonds. The van der Waals surface area contributed by atoms with Crippen molar-refractivity contribution in [2.45, 2.75) is 18.9 Å². The van der Waals surface area contributed by atoms with Gasteiger partial charge in [-0.2, -0.15) is 5.10 Å². The van der Waals surface area contributed by atoms with Gasteiger partial charge in [-0.3, -0.25) is 4.68 Å². The molecule has 1 aromatic carbocycles. The Balaban J connectivity index is 1.85. The lowest BCUT2D eigenvalue weighted by atomic mass is 9.93. The van der Waals surface area contributed by atoms with Crippen LogP contribution in [0.25, 0.3) is 0 Å². The summed E-state index contributed by atoms with van der Waals surface area (Å²) in [7, 11) is 0. The third-order valence-electron chi connectivity index (χ3n) is 3.14. The van der Waals surface area contributed by atoms with E-state index in [9.17, 15) is 0 Å². The maximum absolute atomic E-state index is 5.67. The molecule has 1 aromatic heterocycles. The number of benzene rings is 1. The lowest BCUT2D eigenvalue weighted by molar-refractivity contribution is 0.256. The number of aromatic nitrogens is 2. The van der Waals surface area contributed by atoms with Crippen LogP contribution in [0.3, 0.4) is 0 Å². The molecule has 2 N–H and O–H groups in total. The fraction of sp³-hybridized carbons (Fsp3) is 0.308. The smallest absolute Gasteiger partial charge is 0.122 e. The number of fused-ring (bicyclic) bond motifs is 1. The van der Waals surface area contributed by atoms with Gasteiger partial charge >= 0.3 is 0 Å². The van der Waals surface area contributed by atoms with E-state index in [2.05, 4.69) is 17.2 Å². The molecule has 0 aliphatic carbocycles. The van der Waals surface area contributed by atoms with Gasteiger partial charge in [0, 0.05) is 18.7 Å². The summed E-state index contributed by atoms with van der Waals surface area (Å²) in [5.41, 5.74) is 7.65. The zero-order chi connectivity index (χ0) is 11.7. The normalized spacial score (nSPS) is 18.5. The summed E-state index contributed by atoms with van der Waals surface area (Å²) >= 11 is 0. The van der Waals surface area contributed by atoms with Crippen molar-refractivity contribution in [2.75, 3.05) is 12.3 Å². The summed E-state index contributed by atoms with van der Waals surface area (Å²) in [5, 5.41) is 4.23. The summed E-state index contributed by atoms with van der Waals surface area (Å²) in [6.07, 6.45) is 4.58. The van der Waals surface area contributed by atoms with Crippen molar-refractivity contribution in [3.05, 3.63) is 42.2 Å². The predicted octanol–water partition coefficient (Wildman–Crippen LogP) is 2.03. The molecule has 1 aliphatic rings. The van der Waals surface area contributed by atoms with Gasteiger partial charge in [0.15, 0.2) is 0 Å². The van der Waals surface area contributed by atoms with E-state index in [4.69, 9.17) is 10.5 Å². The molecule has 0 saturated carbocycles. The van der Waals surface area contributed by atoms with Gasteiger partial charge in [0.05, 0.1) is 18.5 Å². The molecular weight excluding hydrogens is 214 g/mol. The van der Waals surface area contributed by atoms with Crippen LogP contribution in [0.2, 0.25) is 0 Å². The molecule has 0 fully saturated rings. The Bertz CT molecular complexity index is 521. The molecule has 1 aliphatic heterocycles. The molecular formula is C13H15N3O. The second kappa shape index (κ2) is 4.13. The Morgan fingerprint density at radius 2 is 2.29 bits per heavy atom. The first-order valence-corrected chi connectivity index (χ1v) is 5.82. The zero-order valence-electron chi connectivity index (χ0n) is 9.54. The average Bonchev–Trinajstić information content (AvgIpc) is 2.75. The van der Waals surface area contributed by atoms with E-state index in [1.54, 1.807) is 6.20 Å². The van der Waals surface area contributed by atoms with Crippen LogP contribution in [0.1, 0.15) is 17.9 Å². The highest BCUT2D eigenvalue weighted by molar-refractivity contribution is 5.38. The van der Waals surface area contributed by atoms with Crippen LogP contribution in [0.15, 0.2) is 36.7 Å². The van der Waals surface area contributed by atoms with Crippen LogP contribution in [-0.2, 0) is 6.54 Å². The first-order chi connectivity index (χ1) is 8.33. The zero-order valence-corrected chi connectivity index (χ0v) is 9.54. The second-order valence-electron chi connectivity index (χ2n) is 4.37. The molecule has 0 spiro atoms. The number of nitrogens with zero attached hydrogens (tertiary/aromatic N) is 2. The van der Waals surface area contributed by atoms with Gasteiger partial charge in [-0.15, -0.1) is 0 Å². The number of nitrogen functional groups attached to an aromatic ring is 1. The predicted molar refractivity (Wildman–Crippen MR) is 65.9 cm³/mol. The van der Waals surface area contributed by atoms with Crippen LogP contribution >= 0.6 is 0 Å². The minimum absolute atomic E-state index is 0.458. The third-order valence-corrected chi connectivity index (χ3v) is 3.14. The van der Waals surface area contributed by atoms with Gasteiger partial charge in [0.2, 0.25) is 0 Å². The van der Waals surface area contributed by atoms with Gasteiger partial charge in [0.1, 0.15) is 5.75 Å². The first-order valence-electron chi connectivity index (χ1n) is 5.82. The van der Waals surface area contributed by atoms with E-state index < -0.39 is 0 Å². The Morgan fingerprint density at radius 3 is 3.12 bits per heavy atom. The van der Waals surface area contributed by atoms with E-state index in [0.29, 0.717) is 11.6 Å². The molecule has 4 heteroatoms. The number of anilines is 1. The molecule has 0 saturated heterocycles. The Morgan fingerprint density at radius 1 is 1.41 bits per heavy atom. The van der Waals surface area contributed by atoms with Crippen molar-refractivity contribution < 1.29 is 4.74 Å². The Hall–Kier alpha value is -1.97. The molecule has 2 heterocycles. The van der Waals surface area contributed by atoms with Gasteiger partial charge < -0.3 is 10.5 Å². The summed E-state index contributed by atoms with van der Waals surface area (Å²) in [5.74, 6) is 1.46. The maximum atomic E-state index is 5.67. The molecule has 3 rings (SSSR count). The van der Waals surface area contributed by atoms with Gasteiger partial charge in [-0.25, -0.2) is 0 Å². The maximum Gasteiger partial charge on any atom is 0.122 e. The van der Waals surface area contributed by atoms with Crippen molar-refractivity contribution in [3.8, 4) is 5.75 Å². The molecule has 0 radical (unpaired) electrons. The number of hydrogen-bond acceptors (Lipinski definition) is 3. The van der Waals surface area contributed by atoms with Gasteiger partial charge in [-0.05, 0) is 18.1 Å². The largest absolute Gasteiger partial charge is 0.493 e. The Kier molecular flexibility index (Phi) is 2.48. The topological polar surface area (TPSA) is 53.1 Å². The molecule has 2 aromatic rings. The molecule has 1 unspecified atom stereocenters. The van der Waals surface area contributed by atoms with Crippen LogP contribution in [0, 0.1) is 0 Å². The van der Waals surface area contributed by atoms with E-state index in [1.807, 2.05) is 23.0 Å². The summed E-state index contributed by atoms with van der Waals surface area (Å²) in [6.45, 7) is 1.63. The molecule has 17 heavy (non-hydrogen) atoms. The van der Waals surface area contributed by atoms with E-state index >= 15 is 0 Å². The van der Waals surface area contributed by atoms with Crippen molar-refractivity contribution in [2.24, 2.45) is 0 Å². The van der Waals surface area contributed by atoms with Crippen LogP contribution in [-0.4, -0.2) is 16.4 Å². The monoisotopic (exact) mass is 229 g/mol. The fourth-order valence-electron chi connectivity index (χ4n) is 2.31. The number of nitrogens with two attached hydrogens (primary N) is 1. The van der Waals surface area contributed by atoms with Crippen molar-refractivity contribution in [1.29, 1.82) is 0 Å². The van der Waals surface area contributed by atoms with Crippen molar-refractivity contribution in [3.63, 3.8) is 0 Å². The van der Waals surface area contributed by atoms with Gasteiger partial charge in [0.25, 0.3) is 0 Å². The lowest BCUT2D eigenvalue weighted by Crippen LogP contribution is -2.18. The molecule has 4 nitrogen and oxygen atoms in total. The molecule has 1 atom stereocenters. The number of hydrogen-bond donors (Lipinski definition) is 1. The highest BCUT2D eigenvalue weighted by atomic mass is 16.5. The summed E-state index contributed by atoms with van der Waals surface area (Å²) < 4.78 is 7.55. The average molecular weight is 229 g/mol. The van der Waals surface area contributed by atoms with E-state index in [1.165, 1.54) is 5.56 Å². The minimum atomic E-state index is 0.458. The van der Waals surface area contributed by atoms with Crippen LogP contribution in [0.4, 0.5) is 5.69 Å². The van der Waals surface area contributed by atoms with Crippen LogP contribution < -0.4 is 10.5 Å². The summed E-state index contributed by atoms with van der Waals surface area (Å²) in [6, 6.07) is 8.22. The highest BCUT2D eigenvalue weighted by Gasteiger charge is 2.21. The van der Waals surface area contributed by atoms with Crippen molar-refractivity contribution in [1.82, 2.24) is 9.78 Å². The Labute approximate surface area is 100 Å². The third kappa shape index (κ3) is 1.98. The lowest BCUT2D eigenvalue weighted by Gasteiger charge is -2.25. The fourth-order valence-corrected chi connectivity index (χ4v) is 2.31. The highest BCUT2D eigenvalue weighted by Crippen LogP contribution is 2.34. The number of rotatable bonds is 2. The van der Waals surface area contributed by atoms with E-state index in [0.717, 1.165) is 25.3 Å². The van der Waals surface area contributed by atoms with Crippen LogP contribution in [0.5, 0.6) is 5.75 Å². The van der Waals surface area contributed by atoms with Gasteiger partial charge in [-0.1, -0.05) is 18.2 Å². The quantitative estimate of drug-likeness (QED) is 0.857. The first kappa shape index (κ1) is 10.2.